The van der Waals surface area contributed by atoms with E-state index < -0.39 is 5.60 Å². The normalized spacial score (nSPS) is 42.9. The predicted molar refractivity (Wildman–Crippen MR) is 86.5 cm³/mol. The number of aryl methyl sites for hydroxylation is 1. The molecule has 2 saturated carbocycles. The van der Waals surface area contributed by atoms with E-state index in [1.807, 2.05) is 12.1 Å². The molecule has 3 aliphatic carbocycles. The van der Waals surface area contributed by atoms with E-state index in [0.29, 0.717) is 23.5 Å². The van der Waals surface area contributed by atoms with E-state index in [-0.39, 0.29) is 5.41 Å². The lowest BCUT2D eigenvalue weighted by Crippen LogP contribution is -2.50. The molecule has 1 aromatic carbocycles. The van der Waals surface area contributed by atoms with Crippen LogP contribution in [-0.4, -0.2) is 15.8 Å². The van der Waals surface area contributed by atoms with E-state index in [1.165, 1.54) is 11.1 Å². The Hall–Kier alpha value is -1.46. The van der Waals surface area contributed by atoms with Gasteiger partial charge in [-0.1, -0.05) is 18.9 Å². The van der Waals surface area contributed by atoms with E-state index in [2.05, 4.69) is 18.9 Å². The molecular weight excluding hydrogens is 272 g/mol. The van der Waals surface area contributed by atoms with Crippen molar-refractivity contribution in [1.29, 1.82) is 0 Å². The van der Waals surface area contributed by atoms with E-state index in [4.69, 9.17) is 6.42 Å². The molecule has 0 heterocycles. The van der Waals surface area contributed by atoms with Gasteiger partial charge >= 0.3 is 0 Å². The monoisotopic (exact) mass is 296 g/mol. The number of terminal acetylenes is 1. The van der Waals surface area contributed by atoms with Crippen LogP contribution in [0.15, 0.2) is 18.2 Å². The first-order valence-corrected chi connectivity index (χ1v) is 8.50. The summed E-state index contributed by atoms with van der Waals surface area (Å²) in [4.78, 5) is 0. The first kappa shape index (κ1) is 14.2. The highest BCUT2D eigenvalue weighted by Gasteiger charge is 2.61. The second kappa shape index (κ2) is 4.52. The zero-order valence-electron chi connectivity index (χ0n) is 13.2. The van der Waals surface area contributed by atoms with E-state index in [1.54, 1.807) is 0 Å². The maximum absolute atomic E-state index is 10.9. The Morgan fingerprint density at radius 1 is 1.23 bits per heavy atom. The van der Waals surface area contributed by atoms with Gasteiger partial charge in [-0.05, 0) is 79.5 Å². The van der Waals surface area contributed by atoms with Gasteiger partial charge in [-0.3, -0.25) is 0 Å². The first-order valence-electron chi connectivity index (χ1n) is 8.50. The lowest BCUT2D eigenvalue weighted by Gasteiger charge is -2.52. The van der Waals surface area contributed by atoms with Crippen molar-refractivity contribution in [2.45, 2.75) is 57.0 Å². The van der Waals surface area contributed by atoms with Crippen LogP contribution in [0.2, 0.25) is 0 Å². The standard InChI is InChI=1S/C20H24O2/c1-3-20(22)11-9-18-17-6-4-13-12-14(21)5-7-15(13)16(17)8-10-19(18,20)2/h1,5,7,12,16-18,21-22H,4,6,8-11H2,2H3/t16-,17+,18+,19-,20?/m0/s1. The molecule has 4 rings (SSSR count). The molecule has 0 aromatic heterocycles. The van der Waals surface area contributed by atoms with Crippen molar-refractivity contribution in [3.05, 3.63) is 29.3 Å². The molecule has 1 aromatic rings. The highest BCUT2D eigenvalue weighted by Crippen LogP contribution is 2.64. The minimum atomic E-state index is -0.919. The van der Waals surface area contributed by atoms with Crippen molar-refractivity contribution in [3.8, 4) is 18.1 Å². The summed E-state index contributed by atoms with van der Waals surface area (Å²) in [5, 5.41) is 20.6. The molecule has 0 spiro atoms. The smallest absolute Gasteiger partial charge is 0.130 e. The number of phenols is 1. The molecule has 22 heavy (non-hydrogen) atoms. The molecule has 2 nitrogen and oxygen atoms in total. The van der Waals surface area contributed by atoms with Crippen LogP contribution in [0.3, 0.4) is 0 Å². The van der Waals surface area contributed by atoms with E-state index in [0.717, 1.165) is 38.5 Å². The first-order chi connectivity index (χ1) is 10.5. The Balaban J connectivity index is 1.72. The summed E-state index contributed by atoms with van der Waals surface area (Å²) in [5.41, 5.74) is 1.69. The molecule has 1 unspecified atom stereocenters. The lowest BCUT2D eigenvalue weighted by molar-refractivity contribution is -0.0646. The van der Waals surface area contributed by atoms with Gasteiger partial charge in [0, 0.05) is 5.41 Å². The van der Waals surface area contributed by atoms with Crippen molar-refractivity contribution in [2.75, 3.05) is 0 Å². The summed E-state index contributed by atoms with van der Waals surface area (Å²) in [6, 6.07) is 5.87. The Morgan fingerprint density at radius 2 is 2.05 bits per heavy atom. The van der Waals surface area contributed by atoms with Gasteiger partial charge in [0.1, 0.15) is 11.4 Å². The van der Waals surface area contributed by atoms with E-state index >= 15 is 0 Å². The second-order valence-electron chi connectivity index (χ2n) is 7.80. The van der Waals surface area contributed by atoms with Gasteiger partial charge in [-0.15, -0.1) is 6.42 Å². The van der Waals surface area contributed by atoms with Gasteiger partial charge in [0.15, 0.2) is 0 Å². The molecule has 116 valence electrons. The summed E-state index contributed by atoms with van der Waals surface area (Å²) in [6.07, 6.45) is 11.8. The highest BCUT2D eigenvalue weighted by atomic mass is 16.3. The summed E-state index contributed by atoms with van der Waals surface area (Å²) < 4.78 is 0. The predicted octanol–water partition coefficient (Wildman–Crippen LogP) is 3.61. The maximum Gasteiger partial charge on any atom is 0.130 e. The van der Waals surface area contributed by atoms with Crippen LogP contribution in [0, 0.1) is 29.6 Å². The van der Waals surface area contributed by atoms with Crippen molar-refractivity contribution in [1.82, 2.24) is 0 Å². The molecule has 2 heteroatoms. The number of fused-ring (bicyclic) bond motifs is 5. The Labute approximate surface area is 132 Å². The molecule has 0 bridgehead atoms. The van der Waals surface area contributed by atoms with Gasteiger partial charge in [0.25, 0.3) is 0 Å². The quantitative estimate of drug-likeness (QED) is 0.718. The number of hydrogen-bond acceptors (Lipinski definition) is 2. The van der Waals surface area contributed by atoms with Gasteiger partial charge in [0.2, 0.25) is 0 Å². The molecule has 0 amide bonds. The maximum atomic E-state index is 10.9. The van der Waals surface area contributed by atoms with Gasteiger partial charge in [-0.2, -0.15) is 0 Å². The number of hydrogen-bond donors (Lipinski definition) is 2. The Morgan fingerprint density at radius 3 is 2.82 bits per heavy atom. The summed E-state index contributed by atoms with van der Waals surface area (Å²) in [5.74, 6) is 4.82. The fraction of sp³-hybridized carbons (Fsp3) is 0.600. The van der Waals surface area contributed by atoms with Crippen LogP contribution in [0.5, 0.6) is 5.75 Å². The molecule has 0 radical (unpaired) electrons. The number of phenolic OH excluding ortho intramolecular Hbond substituents is 1. The van der Waals surface area contributed by atoms with Crippen molar-refractivity contribution < 1.29 is 10.2 Å². The van der Waals surface area contributed by atoms with Gasteiger partial charge in [0.05, 0.1) is 0 Å². The minimum Gasteiger partial charge on any atom is -0.508 e. The van der Waals surface area contributed by atoms with Crippen LogP contribution < -0.4 is 0 Å². The number of benzene rings is 1. The largest absolute Gasteiger partial charge is 0.508 e. The van der Waals surface area contributed by atoms with Crippen molar-refractivity contribution >= 4 is 0 Å². The lowest BCUT2D eigenvalue weighted by atomic mass is 9.53. The second-order valence-corrected chi connectivity index (χ2v) is 7.80. The van der Waals surface area contributed by atoms with Crippen LogP contribution in [-0.2, 0) is 6.42 Å². The summed E-state index contributed by atoms with van der Waals surface area (Å²) >= 11 is 0. The topological polar surface area (TPSA) is 40.5 Å². The molecule has 2 fully saturated rings. The molecule has 2 N–H and O–H groups in total. The third kappa shape index (κ3) is 1.66. The van der Waals surface area contributed by atoms with Gasteiger partial charge < -0.3 is 10.2 Å². The fourth-order valence-electron chi connectivity index (χ4n) is 5.82. The zero-order valence-corrected chi connectivity index (χ0v) is 13.2. The Kier molecular flexibility index (Phi) is 2.91. The van der Waals surface area contributed by atoms with Crippen LogP contribution >= 0.6 is 0 Å². The van der Waals surface area contributed by atoms with Crippen LogP contribution in [0.1, 0.15) is 56.1 Å². The SMILES string of the molecule is C#CC1(O)CC[C@@H]2[C@@H]3CCc4cc(O)ccc4[C@@H]3CC[C@@]21C. The van der Waals surface area contributed by atoms with Crippen molar-refractivity contribution in [3.63, 3.8) is 0 Å². The number of aromatic hydroxyl groups is 1. The van der Waals surface area contributed by atoms with Crippen LogP contribution in [0.25, 0.3) is 0 Å². The molecule has 0 aliphatic heterocycles. The fourth-order valence-corrected chi connectivity index (χ4v) is 5.82. The van der Waals surface area contributed by atoms with Crippen molar-refractivity contribution in [2.24, 2.45) is 17.3 Å². The molecule has 0 saturated heterocycles. The average Bonchev–Trinajstić information content (AvgIpc) is 2.79. The summed E-state index contributed by atoms with van der Waals surface area (Å²) in [6.45, 7) is 2.22. The highest BCUT2D eigenvalue weighted by molar-refractivity contribution is 5.40. The Bertz CT molecular complexity index is 658. The van der Waals surface area contributed by atoms with E-state index in [9.17, 15) is 10.2 Å². The third-order valence-electron chi connectivity index (χ3n) is 7.10. The molecule has 5 atom stereocenters. The van der Waals surface area contributed by atoms with Crippen LogP contribution in [0.4, 0.5) is 0 Å². The number of aliphatic hydroxyl groups is 1. The minimum absolute atomic E-state index is 0.128. The molecular formula is C20H24O2. The zero-order chi connectivity index (χ0) is 15.5. The number of rotatable bonds is 0. The van der Waals surface area contributed by atoms with Gasteiger partial charge in [-0.25, -0.2) is 0 Å². The summed E-state index contributed by atoms with van der Waals surface area (Å²) in [7, 11) is 0. The molecule has 3 aliphatic rings. The average molecular weight is 296 g/mol. The third-order valence-corrected chi connectivity index (χ3v) is 7.10.